The number of nitrogens with zero attached hydrogens (tertiary/aromatic N) is 2. The van der Waals surface area contributed by atoms with E-state index in [0.29, 0.717) is 6.54 Å². The van der Waals surface area contributed by atoms with Gasteiger partial charge < -0.3 is 10.4 Å². The van der Waals surface area contributed by atoms with Crippen LogP contribution in [0.15, 0.2) is 6.33 Å². The van der Waals surface area contributed by atoms with Crippen molar-refractivity contribution < 1.29 is 5.11 Å². The van der Waals surface area contributed by atoms with Crippen molar-refractivity contribution in [1.82, 2.24) is 9.97 Å². The Hall–Kier alpha value is -1.20. The molecule has 1 aliphatic rings. The van der Waals surface area contributed by atoms with Gasteiger partial charge in [-0.05, 0) is 31.7 Å². The lowest BCUT2D eigenvalue weighted by atomic mass is 10.2. The lowest BCUT2D eigenvalue weighted by molar-refractivity contribution is 0.208. The van der Waals surface area contributed by atoms with Gasteiger partial charge in [-0.3, -0.25) is 0 Å². The number of anilines is 1. The number of aliphatic hydroxyl groups excluding tert-OH is 1. The first-order chi connectivity index (χ1) is 8.25. The zero-order valence-corrected chi connectivity index (χ0v) is 10.5. The van der Waals surface area contributed by atoms with Gasteiger partial charge in [0.2, 0.25) is 0 Å². The molecule has 2 aromatic rings. The molecule has 17 heavy (non-hydrogen) atoms. The van der Waals surface area contributed by atoms with Crippen LogP contribution in [-0.4, -0.2) is 27.7 Å². The zero-order chi connectivity index (χ0) is 11.8. The lowest BCUT2D eigenvalue weighted by Crippen LogP contribution is -2.16. The minimum absolute atomic E-state index is 0.369. The zero-order valence-electron chi connectivity index (χ0n) is 9.73. The summed E-state index contributed by atoms with van der Waals surface area (Å²) in [5.41, 5.74) is 1.42. The maximum Gasteiger partial charge on any atom is 0.138 e. The van der Waals surface area contributed by atoms with Gasteiger partial charge >= 0.3 is 0 Å². The molecule has 0 fully saturated rings. The topological polar surface area (TPSA) is 58.0 Å². The summed E-state index contributed by atoms with van der Waals surface area (Å²) in [6.45, 7) is 2.29. The summed E-state index contributed by atoms with van der Waals surface area (Å²) in [4.78, 5) is 11.2. The Labute approximate surface area is 104 Å². The smallest absolute Gasteiger partial charge is 0.138 e. The minimum Gasteiger partial charge on any atom is -0.392 e. The third-order valence-electron chi connectivity index (χ3n) is 3.07. The average Bonchev–Trinajstić information content (AvgIpc) is 2.85. The van der Waals surface area contributed by atoms with Gasteiger partial charge in [0, 0.05) is 11.4 Å². The summed E-state index contributed by atoms with van der Waals surface area (Å²) in [5.74, 6) is 0.871. The fourth-order valence-electron chi connectivity index (χ4n) is 2.31. The molecule has 1 atom stereocenters. The Bertz CT molecular complexity index is 550. The van der Waals surface area contributed by atoms with Crippen LogP contribution in [0.3, 0.4) is 0 Å². The molecule has 0 saturated carbocycles. The van der Waals surface area contributed by atoms with Gasteiger partial charge in [0.05, 0.1) is 11.5 Å². The fraction of sp³-hybridized carbons (Fsp3) is 0.500. The molecule has 0 radical (unpaired) electrons. The summed E-state index contributed by atoms with van der Waals surface area (Å²) in [7, 11) is 0. The molecule has 0 bridgehead atoms. The van der Waals surface area contributed by atoms with Crippen molar-refractivity contribution in [2.75, 3.05) is 11.9 Å². The first-order valence-electron chi connectivity index (χ1n) is 5.93. The Morgan fingerprint density at radius 1 is 1.47 bits per heavy atom. The van der Waals surface area contributed by atoms with Crippen molar-refractivity contribution >= 4 is 27.4 Å². The van der Waals surface area contributed by atoms with E-state index in [-0.39, 0.29) is 6.10 Å². The van der Waals surface area contributed by atoms with Crippen LogP contribution in [-0.2, 0) is 12.8 Å². The van der Waals surface area contributed by atoms with Crippen LogP contribution in [0, 0.1) is 0 Å². The van der Waals surface area contributed by atoms with Crippen LogP contribution in [0.25, 0.3) is 10.2 Å². The summed E-state index contributed by atoms with van der Waals surface area (Å²) in [6, 6.07) is 0. The predicted molar refractivity (Wildman–Crippen MR) is 69.6 cm³/mol. The highest BCUT2D eigenvalue weighted by atomic mass is 32.1. The number of nitrogens with one attached hydrogen (secondary N) is 1. The van der Waals surface area contributed by atoms with Gasteiger partial charge in [0.1, 0.15) is 17.0 Å². The van der Waals surface area contributed by atoms with Crippen LogP contribution in [0.5, 0.6) is 0 Å². The molecule has 4 nitrogen and oxygen atoms in total. The summed E-state index contributed by atoms with van der Waals surface area (Å²) in [6.07, 6.45) is 4.77. The lowest BCUT2D eigenvalue weighted by Gasteiger charge is -2.08. The van der Waals surface area contributed by atoms with Crippen molar-refractivity contribution in [2.24, 2.45) is 0 Å². The standard InChI is InChI=1S/C12H15N3OS/c1-7(16)5-13-11-10-8-3-2-4-9(8)17-12(10)15-6-14-11/h6-7,16H,2-5H2,1H3,(H,13,14,15)/t7-/m1/s1. The molecule has 0 saturated heterocycles. The second-order valence-corrected chi connectivity index (χ2v) is 5.57. The number of fused-ring (bicyclic) bond motifs is 3. The average molecular weight is 249 g/mol. The number of thiophene rings is 1. The number of aryl methyl sites for hydroxylation is 2. The molecule has 0 amide bonds. The minimum atomic E-state index is -0.369. The Morgan fingerprint density at radius 3 is 3.18 bits per heavy atom. The Balaban J connectivity index is 2.05. The molecule has 0 unspecified atom stereocenters. The molecule has 2 N–H and O–H groups in total. The highest BCUT2D eigenvalue weighted by Gasteiger charge is 2.20. The molecule has 0 aliphatic heterocycles. The fourth-order valence-corrected chi connectivity index (χ4v) is 3.54. The van der Waals surface area contributed by atoms with Gasteiger partial charge in [-0.2, -0.15) is 0 Å². The van der Waals surface area contributed by atoms with Crippen molar-refractivity contribution in [1.29, 1.82) is 0 Å². The maximum absolute atomic E-state index is 9.33. The van der Waals surface area contributed by atoms with Gasteiger partial charge in [-0.1, -0.05) is 0 Å². The van der Waals surface area contributed by atoms with Crippen molar-refractivity contribution in [3.8, 4) is 0 Å². The molecule has 5 heteroatoms. The van der Waals surface area contributed by atoms with Crippen LogP contribution in [0.1, 0.15) is 23.8 Å². The van der Waals surface area contributed by atoms with Gasteiger partial charge in [-0.25, -0.2) is 9.97 Å². The summed E-state index contributed by atoms with van der Waals surface area (Å²) >= 11 is 1.78. The van der Waals surface area contributed by atoms with Gasteiger partial charge in [0.15, 0.2) is 0 Å². The number of rotatable bonds is 3. The number of hydrogen-bond donors (Lipinski definition) is 2. The van der Waals surface area contributed by atoms with E-state index in [9.17, 15) is 5.11 Å². The third kappa shape index (κ3) is 1.89. The largest absolute Gasteiger partial charge is 0.392 e. The molecular formula is C12H15N3OS. The molecule has 0 spiro atoms. The molecule has 2 heterocycles. The number of hydrogen-bond acceptors (Lipinski definition) is 5. The molecule has 1 aliphatic carbocycles. The van der Waals surface area contributed by atoms with E-state index in [1.165, 1.54) is 28.7 Å². The predicted octanol–water partition coefficient (Wildman–Crippen LogP) is 1.97. The van der Waals surface area contributed by atoms with E-state index < -0.39 is 0 Å². The molecule has 0 aromatic carbocycles. The van der Waals surface area contributed by atoms with E-state index in [2.05, 4.69) is 15.3 Å². The van der Waals surface area contributed by atoms with Crippen LogP contribution in [0.4, 0.5) is 5.82 Å². The van der Waals surface area contributed by atoms with E-state index in [4.69, 9.17) is 0 Å². The van der Waals surface area contributed by atoms with Crippen LogP contribution >= 0.6 is 11.3 Å². The van der Waals surface area contributed by atoms with E-state index >= 15 is 0 Å². The van der Waals surface area contributed by atoms with E-state index in [1.54, 1.807) is 24.6 Å². The van der Waals surface area contributed by atoms with E-state index in [0.717, 1.165) is 17.1 Å². The van der Waals surface area contributed by atoms with Gasteiger partial charge in [0.25, 0.3) is 0 Å². The molecule has 3 rings (SSSR count). The van der Waals surface area contributed by atoms with Crippen molar-refractivity contribution in [2.45, 2.75) is 32.3 Å². The maximum atomic E-state index is 9.33. The monoisotopic (exact) mass is 249 g/mol. The van der Waals surface area contributed by atoms with Crippen molar-refractivity contribution in [3.05, 3.63) is 16.8 Å². The molecule has 2 aromatic heterocycles. The molecule has 90 valence electrons. The number of aromatic nitrogens is 2. The SMILES string of the molecule is C[C@@H](O)CNc1ncnc2sc3c(c12)CCC3. The van der Waals surface area contributed by atoms with Gasteiger partial charge in [-0.15, -0.1) is 11.3 Å². The second-order valence-electron chi connectivity index (χ2n) is 4.49. The van der Waals surface area contributed by atoms with Crippen molar-refractivity contribution in [3.63, 3.8) is 0 Å². The molecular weight excluding hydrogens is 234 g/mol. The van der Waals surface area contributed by atoms with Crippen LogP contribution < -0.4 is 5.32 Å². The second kappa shape index (κ2) is 4.23. The highest BCUT2D eigenvalue weighted by Crippen LogP contribution is 2.38. The quantitative estimate of drug-likeness (QED) is 0.873. The first kappa shape index (κ1) is 10.9. The van der Waals surface area contributed by atoms with E-state index in [1.807, 2.05) is 0 Å². The Morgan fingerprint density at radius 2 is 2.35 bits per heavy atom. The summed E-state index contributed by atoms with van der Waals surface area (Å²) in [5, 5.41) is 13.7. The summed E-state index contributed by atoms with van der Waals surface area (Å²) < 4.78 is 0. The number of aliphatic hydroxyl groups is 1. The van der Waals surface area contributed by atoms with Crippen LogP contribution in [0.2, 0.25) is 0 Å². The third-order valence-corrected chi connectivity index (χ3v) is 4.27. The Kier molecular flexibility index (Phi) is 2.72. The first-order valence-corrected chi connectivity index (χ1v) is 6.74. The highest BCUT2D eigenvalue weighted by molar-refractivity contribution is 7.19. The normalized spacial score (nSPS) is 16.1.